The van der Waals surface area contributed by atoms with E-state index in [1.54, 1.807) is 0 Å². The highest BCUT2D eigenvalue weighted by Crippen LogP contribution is 2.30. The molecule has 0 spiro atoms. The molecular weight excluding hydrogens is 354 g/mol. The summed E-state index contributed by atoms with van der Waals surface area (Å²) in [6.07, 6.45) is 10.6. The first-order chi connectivity index (χ1) is 13.5. The van der Waals surface area contributed by atoms with Gasteiger partial charge in [-0.3, -0.25) is 4.79 Å². The molecule has 1 unspecified atom stereocenters. The van der Waals surface area contributed by atoms with Crippen molar-refractivity contribution < 1.29 is 14.3 Å². The van der Waals surface area contributed by atoms with Crippen molar-refractivity contribution in [1.82, 2.24) is 15.1 Å². The first kappa shape index (κ1) is 21.4. The summed E-state index contributed by atoms with van der Waals surface area (Å²) >= 11 is 0. The van der Waals surface area contributed by atoms with Crippen LogP contribution in [0.3, 0.4) is 0 Å². The molecule has 1 N–H and O–H groups in total. The van der Waals surface area contributed by atoms with Crippen molar-refractivity contribution >= 4 is 12.0 Å². The Labute approximate surface area is 170 Å². The molecule has 6 heteroatoms. The Morgan fingerprint density at radius 2 is 1.82 bits per heavy atom. The SMILES string of the molecule is CC(C)OC(=O)CCC1CN(C2CCCCC2)C(=O)N1CCC1CCNCC1. The largest absolute Gasteiger partial charge is 0.463 e. The van der Waals surface area contributed by atoms with E-state index in [-0.39, 0.29) is 24.1 Å². The van der Waals surface area contributed by atoms with E-state index in [1.807, 2.05) is 13.8 Å². The van der Waals surface area contributed by atoms with Gasteiger partial charge < -0.3 is 19.9 Å². The lowest BCUT2D eigenvalue weighted by Gasteiger charge is -2.31. The summed E-state index contributed by atoms with van der Waals surface area (Å²) in [5.74, 6) is 0.571. The molecule has 2 aliphatic heterocycles. The molecule has 1 saturated carbocycles. The molecule has 3 aliphatic rings. The Kier molecular flexibility index (Phi) is 8.00. The zero-order chi connectivity index (χ0) is 19.9. The summed E-state index contributed by atoms with van der Waals surface area (Å²) < 4.78 is 5.31. The molecule has 3 fully saturated rings. The lowest BCUT2D eigenvalue weighted by Crippen LogP contribution is -2.41. The highest BCUT2D eigenvalue weighted by Gasteiger charge is 2.40. The van der Waals surface area contributed by atoms with Gasteiger partial charge in [-0.1, -0.05) is 19.3 Å². The number of piperidine rings is 1. The summed E-state index contributed by atoms with van der Waals surface area (Å²) in [5, 5.41) is 3.42. The predicted octanol–water partition coefficient (Wildman–Crippen LogP) is 3.55. The third-order valence-electron chi connectivity index (χ3n) is 6.64. The topological polar surface area (TPSA) is 61.9 Å². The van der Waals surface area contributed by atoms with Gasteiger partial charge in [-0.05, 0) is 71.4 Å². The highest BCUT2D eigenvalue weighted by atomic mass is 16.5. The highest BCUT2D eigenvalue weighted by molar-refractivity contribution is 5.78. The summed E-state index contributed by atoms with van der Waals surface area (Å²) in [4.78, 5) is 29.5. The summed E-state index contributed by atoms with van der Waals surface area (Å²) in [6.45, 7) is 7.57. The molecule has 160 valence electrons. The number of esters is 1. The van der Waals surface area contributed by atoms with Crippen LogP contribution in [0.25, 0.3) is 0 Å². The van der Waals surface area contributed by atoms with Crippen molar-refractivity contribution in [2.75, 3.05) is 26.2 Å². The molecule has 0 radical (unpaired) electrons. The number of carbonyl (C=O) groups is 2. The van der Waals surface area contributed by atoms with Crippen LogP contribution in [-0.4, -0.2) is 66.2 Å². The number of nitrogens with zero attached hydrogens (tertiary/aromatic N) is 2. The average molecular weight is 394 g/mol. The number of ether oxygens (including phenoxy) is 1. The smallest absolute Gasteiger partial charge is 0.320 e. The maximum Gasteiger partial charge on any atom is 0.320 e. The van der Waals surface area contributed by atoms with Crippen molar-refractivity contribution in [2.24, 2.45) is 5.92 Å². The zero-order valence-corrected chi connectivity index (χ0v) is 17.8. The van der Waals surface area contributed by atoms with Crippen molar-refractivity contribution in [1.29, 1.82) is 0 Å². The molecule has 6 nitrogen and oxygen atoms in total. The van der Waals surface area contributed by atoms with Crippen LogP contribution in [-0.2, 0) is 9.53 Å². The Balaban J connectivity index is 1.59. The minimum absolute atomic E-state index is 0.0764. The average Bonchev–Trinajstić information content (AvgIpc) is 3.01. The van der Waals surface area contributed by atoms with Gasteiger partial charge in [0.1, 0.15) is 0 Å². The number of carbonyl (C=O) groups excluding carboxylic acids is 2. The number of nitrogens with one attached hydrogen (secondary N) is 1. The van der Waals surface area contributed by atoms with Gasteiger partial charge in [0.05, 0.1) is 12.1 Å². The fourth-order valence-corrected chi connectivity index (χ4v) is 5.05. The van der Waals surface area contributed by atoms with Crippen LogP contribution >= 0.6 is 0 Å². The minimum atomic E-state index is -0.142. The van der Waals surface area contributed by atoms with Gasteiger partial charge in [-0.15, -0.1) is 0 Å². The Morgan fingerprint density at radius 3 is 2.50 bits per heavy atom. The van der Waals surface area contributed by atoms with E-state index in [0.717, 1.165) is 45.4 Å². The van der Waals surface area contributed by atoms with Gasteiger partial charge in [-0.2, -0.15) is 0 Å². The van der Waals surface area contributed by atoms with E-state index in [9.17, 15) is 9.59 Å². The van der Waals surface area contributed by atoms with Crippen molar-refractivity contribution in [3.63, 3.8) is 0 Å². The molecule has 2 amide bonds. The lowest BCUT2D eigenvalue weighted by atomic mass is 9.94. The van der Waals surface area contributed by atoms with Crippen LogP contribution in [0.2, 0.25) is 0 Å². The Hall–Kier alpha value is -1.30. The molecule has 0 aromatic rings. The van der Waals surface area contributed by atoms with Crippen molar-refractivity contribution in [3.05, 3.63) is 0 Å². The third kappa shape index (κ3) is 5.85. The maximum absolute atomic E-state index is 13.2. The van der Waals surface area contributed by atoms with E-state index < -0.39 is 0 Å². The Morgan fingerprint density at radius 1 is 1.11 bits per heavy atom. The molecule has 3 rings (SSSR count). The molecule has 0 aromatic heterocycles. The number of urea groups is 1. The summed E-state index contributed by atoms with van der Waals surface area (Å²) in [7, 11) is 0. The number of hydrogen-bond donors (Lipinski definition) is 1. The normalized spacial score (nSPS) is 25.0. The van der Waals surface area contributed by atoms with E-state index in [0.29, 0.717) is 24.8 Å². The first-order valence-corrected chi connectivity index (χ1v) is 11.5. The van der Waals surface area contributed by atoms with Gasteiger partial charge in [0.25, 0.3) is 0 Å². The minimum Gasteiger partial charge on any atom is -0.463 e. The second-order valence-corrected chi connectivity index (χ2v) is 9.13. The predicted molar refractivity (Wildman–Crippen MR) is 110 cm³/mol. The fraction of sp³-hybridized carbons (Fsp3) is 0.909. The molecule has 2 heterocycles. The monoisotopic (exact) mass is 393 g/mol. The van der Waals surface area contributed by atoms with E-state index in [1.165, 1.54) is 32.1 Å². The van der Waals surface area contributed by atoms with Crippen LogP contribution in [0.5, 0.6) is 0 Å². The summed E-state index contributed by atoms with van der Waals surface area (Å²) in [5.41, 5.74) is 0. The van der Waals surface area contributed by atoms with E-state index in [2.05, 4.69) is 15.1 Å². The van der Waals surface area contributed by atoms with E-state index >= 15 is 0 Å². The van der Waals surface area contributed by atoms with Gasteiger partial charge in [-0.25, -0.2) is 4.79 Å². The quantitative estimate of drug-likeness (QED) is 0.641. The number of hydrogen-bond acceptors (Lipinski definition) is 4. The summed E-state index contributed by atoms with van der Waals surface area (Å²) in [6, 6.07) is 0.758. The molecule has 1 aliphatic carbocycles. The van der Waals surface area contributed by atoms with Crippen LogP contribution < -0.4 is 5.32 Å². The van der Waals surface area contributed by atoms with Crippen LogP contribution in [0.4, 0.5) is 4.79 Å². The van der Waals surface area contributed by atoms with E-state index in [4.69, 9.17) is 4.74 Å². The molecule has 0 bridgehead atoms. The Bertz CT molecular complexity index is 513. The second-order valence-electron chi connectivity index (χ2n) is 9.13. The number of rotatable bonds is 8. The molecule has 1 atom stereocenters. The molecule has 28 heavy (non-hydrogen) atoms. The van der Waals surface area contributed by atoms with Gasteiger partial charge in [0, 0.05) is 25.6 Å². The van der Waals surface area contributed by atoms with Crippen molar-refractivity contribution in [2.45, 2.75) is 96.2 Å². The molecular formula is C22H39N3O3. The van der Waals surface area contributed by atoms with Crippen LogP contribution in [0.15, 0.2) is 0 Å². The standard InChI is InChI=1S/C22H39N3O3/c1-17(2)28-21(26)9-8-20-16-25(19-6-4-3-5-7-19)22(27)24(20)15-12-18-10-13-23-14-11-18/h17-20,23H,3-16H2,1-2H3. The third-order valence-corrected chi connectivity index (χ3v) is 6.64. The first-order valence-electron chi connectivity index (χ1n) is 11.5. The van der Waals surface area contributed by atoms with Gasteiger partial charge >= 0.3 is 12.0 Å². The van der Waals surface area contributed by atoms with Crippen molar-refractivity contribution in [3.8, 4) is 0 Å². The molecule has 2 saturated heterocycles. The van der Waals surface area contributed by atoms with Gasteiger partial charge in [0.2, 0.25) is 0 Å². The zero-order valence-electron chi connectivity index (χ0n) is 17.8. The van der Waals surface area contributed by atoms with Gasteiger partial charge in [0.15, 0.2) is 0 Å². The number of amides is 2. The second kappa shape index (κ2) is 10.5. The van der Waals surface area contributed by atoms with Crippen LogP contribution in [0, 0.1) is 5.92 Å². The lowest BCUT2D eigenvalue weighted by molar-refractivity contribution is -0.147. The fourth-order valence-electron chi connectivity index (χ4n) is 5.05. The maximum atomic E-state index is 13.2. The molecule has 0 aromatic carbocycles. The van der Waals surface area contributed by atoms with Crippen LogP contribution in [0.1, 0.15) is 78.1 Å².